The predicted octanol–water partition coefficient (Wildman–Crippen LogP) is 5.31. The van der Waals surface area contributed by atoms with E-state index in [-0.39, 0.29) is 48.2 Å². The van der Waals surface area contributed by atoms with Crippen LogP contribution in [0.2, 0.25) is 0 Å². The van der Waals surface area contributed by atoms with Crippen LogP contribution in [-0.4, -0.2) is 80.8 Å². The van der Waals surface area contributed by atoms with Gasteiger partial charge in [-0.1, -0.05) is 66.7 Å². The molecule has 0 aliphatic carbocycles. The molecule has 4 aromatic carbocycles. The van der Waals surface area contributed by atoms with Gasteiger partial charge in [0.25, 0.3) is 0 Å². The fraction of sp³-hybridized carbons (Fsp3) is 0.200. The van der Waals surface area contributed by atoms with Crippen molar-refractivity contribution in [1.82, 2.24) is 24.5 Å². The summed E-state index contributed by atoms with van der Waals surface area (Å²) in [5.41, 5.74) is 1.40. The molecule has 2 aromatic heterocycles. The van der Waals surface area contributed by atoms with Gasteiger partial charge in [-0.2, -0.15) is 13.1 Å². The number of nitrogens with zero attached hydrogens (tertiary/aromatic N) is 4. The Labute approximate surface area is 318 Å². The molecule has 282 valence electrons. The summed E-state index contributed by atoms with van der Waals surface area (Å²) in [6.07, 6.45) is 6.02. The zero-order chi connectivity index (χ0) is 38.4. The minimum Gasteiger partial charge on any atom is -0.445 e. The Hall–Kier alpha value is -5.90. The summed E-state index contributed by atoms with van der Waals surface area (Å²) in [7, 11) is -8.49. The number of benzene rings is 4. The molecular formula is C40H37N5O8S2. The summed E-state index contributed by atoms with van der Waals surface area (Å²) in [5.74, 6) is -0.437. The van der Waals surface area contributed by atoms with Gasteiger partial charge < -0.3 is 18.7 Å². The molecule has 0 radical (unpaired) electrons. The van der Waals surface area contributed by atoms with Crippen LogP contribution in [0.1, 0.15) is 17.5 Å². The van der Waals surface area contributed by atoms with E-state index in [1.54, 1.807) is 70.7 Å². The second-order valence-corrected chi connectivity index (χ2v) is 16.2. The number of nitrogens with one attached hydrogen (secondary N) is 1. The van der Waals surface area contributed by atoms with E-state index >= 15 is 0 Å². The minimum absolute atomic E-state index is 0.00780. The first-order valence-corrected chi connectivity index (χ1v) is 20.4. The van der Waals surface area contributed by atoms with Gasteiger partial charge in [-0.15, -0.1) is 0 Å². The number of hydrogen-bond acceptors (Lipinski definition) is 10. The van der Waals surface area contributed by atoms with Crippen molar-refractivity contribution in [3.8, 4) is 5.75 Å². The number of carbonyl (C=O) groups excluding carboxylic acids is 2. The van der Waals surface area contributed by atoms with Crippen LogP contribution in [0.25, 0.3) is 21.5 Å². The molecule has 15 heteroatoms. The first kappa shape index (κ1) is 37.4. The summed E-state index contributed by atoms with van der Waals surface area (Å²) in [5, 5.41) is 2.17. The number of carbonyl (C=O) groups is 2. The van der Waals surface area contributed by atoms with Gasteiger partial charge in [0.05, 0.1) is 4.90 Å². The number of sulfonamides is 1. The molecule has 0 unspecified atom stereocenters. The molecule has 1 saturated heterocycles. The summed E-state index contributed by atoms with van der Waals surface area (Å²) in [4.78, 5) is 38.4. The number of aromatic nitrogens is 2. The number of hydrogen-bond donors (Lipinski definition) is 1. The molecular weight excluding hydrogens is 743 g/mol. The smallest absolute Gasteiger partial charge is 0.410 e. The second-order valence-electron chi connectivity index (χ2n) is 13.0. The molecule has 1 atom stereocenters. The molecule has 1 aliphatic rings. The highest BCUT2D eigenvalue weighted by molar-refractivity contribution is 7.89. The molecule has 0 bridgehead atoms. The Balaban J connectivity index is 1.10. The highest BCUT2D eigenvalue weighted by Crippen LogP contribution is 2.27. The fourth-order valence-corrected chi connectivity index (χ4v) is 9.08. The third-order valence-electron chi connectivity index (χ3n) is 9.28. The lowest BCUT2D eigenvalue weighted by atomic mass is 10.1. The van der Waals surface area contributed by atoms with Crippen molar-refractivity contribution in [3.05, 3.63) is 139 Å². The van der Waals surface area contributed by atoms with Crippen LogP contribution < -0.4 is 8.91 Å². The SMILES string of the molecule is O=C(OCc1ccccc1)N1CCCN(C(=O)[C@H](Cc2ccc(OS(=O)(=O)c3cccc4cnccc34)cc2)NS(=O)(=O)c2cccc3cnccc23)CC1. The van der Waals surface area contributed by atoms with Crippen LogP contribution >= 0.6 is 0 Å². The van der Waals surface area contributed by atoms with Crippen LogP contribution in [0.3, 0.4) is 0 Å². The van der Waals surface area contributed by atoms with Gasteiger partial charge in [0.15, 0.2) is 0 Å². The van der Waals surface area contributed by atoms with Gasteiger partial charge in [0.1, 0.15) is 23.3 Å². The van der Waals surface area contributed by atoms with Gasteiger partial charge in [-0.3, -0.25) is 14.8 Å². The molecule has 55 heavy (non-hydrogen) atoms. The van der Waals surface area contributed by atoms with Gasteiger partial charge >= 0.3 is 16.2 Å². The van der Waals surface area contributed by atoms with Crippen molar-refractivity contribution in [2.45, 2.75) is 35.3 Å². The monoisotopic (exact) mass is 779 g/mol. The van der Waals surface area contributed by atoms with Crippen LogP contribution in [0.15, 0.2) is 138 Å². The maximum absolute atomic E-state index is 14.3. The van der Waals surface area contributed by atoms with Gasteiger partial charge in [-0.05, 0) is 60.4 Å². The largest absolute Gasteiger partial charge is 0.445 e. The van der Waals surface area contributed by atoms with Crippen LogP contribution in [0, 0.1) is 0 Å². The zero-order valence-corrected chi connectivity index (χ0v) is 31.2. The van der Waals surface area contributed by atoms with Crippen molar-refractivity contribution in [2.24, 2.45) is 0 Å². The van der Waals surface area contributed by atoms with E-state index in [9.17, 15) is 26.4 Å². The normalized spacial score (nSPS) is 14.3. The Morgan fingerprint density at radius 3 is 1.98 bits per heavy atom. The summed E-state index contributed by atoms with van der Waals surface area (Å²) in [6.45, 7) is 1.12. The Morgan fingerprint density at radius 1 is 0.673 bits per heavy atom. The van der Waals surface area contributed by atoms with E-state index in [1.165, 1.54) is 36.7 Å². The molecule has 7 rings (SSSR count). The lowest BCUT2D eigenvalue weighted by Crippen LogP contribution is -2.50. The van der Waals surface area contributed by atoms with E-state index in [1.807, 2.05) is 30.3 Å². The van der Waals surface area contributed by atoms with Gasteiger partial charge in [0.2, 0.25) is 15.9 Å². The van der Waals surface area contributed by atoms with Crippen molar-refractivity contribution in [2.75, 3.05) is 26.2 Å². The number of rotatable bonds is 11. The third kappa shape index (κ3) is 8.75. The molecule has 0 spiro atoms. The van der Waals surface area contributed by atoms with Crippen LogP contribution in [0.4, 0.5) is 4.79 Å². The summed E-state index contributed by atoms with van der Waals surface area (Å²) < 4.78 is 68.3. The molecule has 1 aliphatic heterocycles. The van der Waals surface area contributed by atoms with E-state index in [4.69, 9.17) is 8.92 Å². The molecule has 6 aromatic rings. The molecule has 1 fully saturated rings. The van der Waals surface area contributed by atoms with Crippen LogP contribution in [0.5, 0.6) is 5.75 Å². The Kier molecular flexibility index (Phi) is 11.0. The van der Waals surface area contributed by atoms with E-state index < -0.39 is 38.2 Å². The number of ether oxygens (including phenoxy) is 1. The fourth-order valence-electron chi connectivity index (χ4n) is 6.51. The van der Waals surface area contributed by atoms with Gasteiger partial charge in [-0.25, -0.2) is 13.2 Å². The van der Waals surface area contributed by atoms with Crippen molar-refractivity contribution >= 4 is 53.7 Å². The maximum Gasteiger partial charge on any atom is 0.410 e. The average molecular weight is 780 g/mol. The van der Waals surface area contributed by atoms with Crippen molar-refractivity contribution in [3.63, 3.8) is 0 Å². The first-order chi connectivity index (χ1) is 26.6. The molecule has 0 saturated carbocycles. The number of amides is 2. The molecule has 1 N–H and O–H groups in total. The van der Waals surface area contributed by atoms with Gasteiger partial charge in [0, 0.05) is 72.5 Å². The molecule has 13 nitrogen and oxygen atoms in total. The van der Waals surface area contributed by atoms with E-state index in [2.05, 4.69) is 14.7 Å². The minimum atomic E-state index is -4.26. The zero-order valence-electron chi connectivity index (χ0n) is 29.5. The molecule has 3 heterocycles. The quantitative estimate of drug-likeness (QED) is 0.170. The highest BCUT2D eigenvalue weighted by atomic mass is 32.2. The van der Waals surface area contributed by atoms with Crippen molar-refractivity contribution < 1.29 is 35.3 Å². The predicted molar refractivity (Wildman–Crippen MR) is 205 cm³/mol. The topological polar surface area (TPSA) is 165 Å². The Bertz CT molecular complexity index is 2540. The second kappa shape index (κ2) is 16.2. The third-order valence-corrected chi connectivity index (χ3v) is 12.1. The summed E-state index contributed by atoms with van der Waals surface area (Å²) in [6, 6.07) is 27.0. The lowest BCUT2D eigenvalue weighted by molar-refractivity contribution is -0.132. The average Bonchev–Trinajstić information content (AvgIpc) is 3.46. The van der Waals surface area contributed by atoms with E-state index in [0.29, 0.717) is 40.1 Å². The van der Waals surface area contributed by atoms with Crippen LogP contribution in [-0.2, 0) is 42.7 Å². The van der Waals surface area contributed by atoms with E-state index in [0.717, 1.165) is 5.56 Å². The summed E-state index contributed by atoms with van der Waals surface area (Å²) >= 11 is 0. The first-order valence-electron chi connectivity index (χ1n) is 17.5. The van der Waals surface area contributed by atoms with Crippen molar-refractivity contribution in [1.29, 1.82) is 0 Å². The lowest BCUT2D eigenvalue weighted by Gasteiger charge is -2.27. The number of pyridine rings is 2. The number of fused-ring (bicyclic) bond motifs is 2. The molecule has 2 amide bonds. The standard InChI is InChI=1S/C40H37N5O8S2/c46-39(44-21-6-22-45(24-23-44)40(47)52-28-30-7-2-1-3-8-30)36(43-54(48,49)37-11-4-9-31-26-41-19-17-34(31)37)25-29-13-15-33(16-14-29)53-55(50,51)38-12-5-10-32-27-42-20-18-35(32)38/h1-5,7-20,26-27,36,43H,6,21-25,28H2/t36-/m0/s1. The Morgan fingerprint density at radius 2 is 1.29 bits per heavy atom. The maximum atomic E-state index is 14.3. The highest BCUT2D eigenvalue weighted by Gasteiger charge is 2.32.